The van der Waals surface area contributed by atoms with Crippen LogP contribution in [0, 0.1) is 0 Å². The maximum absolute atomic E-state index is 13.3. The molecule has 1 amide bonds. The van der Waals surface area contributed by atoms with Crippen molar-refractivity contribution in [1.82, 2.24) is 9.88 Å². The summed E-state index contributed by atoms with van der Waals surface area (Å²) in [7, 11) is -1.07. The van der Waals surface area contributed by atoms with Gasteiger partial charge in [-0.1, -0.05) is 60.2 Å². The first-order valence-electron chi connectivity index (χ1n) is 11.3. The SMILES string of the molecule is O=C(c1cccc2cc[nH]c12)N1CCC(=C2c3ccccc3CS(=O)c3ccccc32)CC1. The van der Waals surface area contributed by atoms with Crippen LogP contribution >= 0.6 is 0 Å². The van der Waals surface area contributed by atoms with Crippen molar-refractivity contribution in [1.29, 1.82) is 0 Å². The van der Waals surface area contributed by atoms with Crippen LogP contribution in [0.5, 0.6) is 0 Å². The summed E-state index contributed by atoms with van der Waals surface area (Å²) in [6.45, 7) is 1.37. The molecule has 1 saturated heterocycles. The highest BCUT2D eigenvalue weighted by Gasteiger charge is 2.28. The molecule has 0 spiro atoms. The van der Waals surface area contributed by atoms with E-state index < -0.39 is 10.8 Å². The Morgan fingerprint density at radius 1 is 0.848 bits per heavy atom. The van der Waals surface area contributed by atoms with Gasteiger partial charge in [0.25, 0.3) is 5.91 Å². The second-order valence-electron chi connectivity index (χ2n) is 8.66. The molecule has 1 aromatic heterocycles. The number of carbonyl (C=O) groups is 1. The van der Waals surface area contributed by atoms with E-state index in [1.165, 1.54) is 16.7 Å². The average molecular weight is 453 g/mol. The van der Waals surface area contributed by atoms with Crippen LogP contribution in [-0.4, -0.2) is 33.1 Å². The van der Waals surface area contributed by atoms with Gasteiger partial charge in [-0.25, -0.2) is 0 Å². The first-order chi connectivity index (χ1) is 16.2. The van der Waals surface area contributed by atoms with Crippen molar-refractivity contribution in [3.8, 4) is 0 Å². The molecule has 2 aliphatic rings. The summed E-state index contributed by atoms with van der Waals surface area (Å²) in [6, 6.07) is 24.3. The van der Waals surface area contributed by atoms with Gasteiger partial charge in [-0.15, -0.1) is 0 Å². The van der Waals surface area contributed by atoms with Crippen molar-refractivity contribution in [2.45, 2.75) is 23.5 Å². The third kappa shape index (κ3) is 3.44. The zero-order valence-corrected chi connectivity index (χ0v) is 19.0. The van der Waals surface area contributed by atoms with Gasteiger partial charge in [0.1, 0.15) is 0 Å². The second kappa shape index (κ2) is 8.16. The third-order valence-corrected chi connectivity index (χ3v) is 8.22. The Morgan fingerprint density at radius 3 is 2.45 bits per heavy atom. The van der Waals surface area contributed by atoms with Gasteiger partial charge in [0.2, 0.25) is 0 Å². The summed E-state index contributed by atoms with van der Waals surface area (Å²) >= 11 is 0. The summed E-state index contributed by atoms with van der Waals surface area (Å²) in [6.07, 6.45) is 3.51. The lowest BCUT2D eigenvalue weighted by Crippen LogP contribution is -2.36. The number of nitrogens with zero attached hydrogens (tertiary/aromatic N) is 1. The lowest BCUT2D eigenvalue weighted by molar-refractivity contribution is 0.0745. The normalized spacial score (nSPS) is 18.1. The van der Waals surface area contributed by atoms with Crippen molar-refractivity contribution in [2.75, 3.05) is 13.1 Å². The van der Waals surface area contributed by atoms with Crippen LogP contribution in [0.15, 0.2) is 89.5 Å². The molecule has 1 fully saturated rings. The number of para-hydroxylation sites is 1. The fourth-order valence-corrected chi connectivity index (χ4v) is 6.51. The van der Waals surface area contributed by atoms with Gasteiger partial charge in [-0.3, -0.25) is 9.00 Å². The van der Waals surface area contributed by atoms with Gasteiger partial charge < -0.3 is 9.88 Å². The first kappa shape index (κ1) is 20.2. The monoisotopic (exact) mass is 452 g/mol. The zero-order valence-electron chi connectivity index (χ0n) is 18.2. The van der Waals surface area contributed by atoms with Crippen molar-refractivity contribution >= 4 is 33.2 Å². The first-order valence-corrected chi connectivity index (χ1v) is 12.7. The molecule has 0 aliphatic carbocycles. The highest BCUT2D eigenvalue weighted by molar-refractivity contribution is 7.84. The number of hydrogen-bond donors (Lipinski definition) is 1. The van der Waals surface area contributed by atoms with Gasteiger partial charge >= 0.3 is 0 Å². The Labute approximate surface area is 195 Å². The molecule has 1 atom stereocenters. The summed E-state index contributed by atoms with van der Waals surface area (Å²) in [5, 5.41) is 1.06. The van der Waals surface area contributed by atoms with E-state index in [0.29, 0.717) is 18.8 Å². The maximum atomic E-state index is 13.3. The van der Waals surface area contributed by atoms with Gasteiger partial charge in [0.05, 0.1) is 27.6 Å². The summed E-state index contributed by atoms with van der Waals surface area (Å²) < 4.78 is 13.1. The minimum Gasteiger partial charge on any atom is -0.361 e. The summed E-state index contributed by atoms with van der Waals surface area (Å²) in [4.78, 5) is 19.4. The average Bonchev–Trinajstić information content (AvgIpc) is 3.30. The number of aromatic amines is 1. The molecule has 0 saturated carbocycles. The van der Waals surface area contributed by atoms with Crippen molar-refractivity contribution in [3.63, 3.8) is 0 Å². The zero-order chi connectivity index (χ0) is 22.4. The van der Waals surface area contributed by atoms with Crippen LogP contribution in [-0.2, 0) is 16.6 Å². The molecule has 4 aromatic rings. The topological polar surface area (TPSA) is 53.2 Å². The van der Waals surface area contributed by atoms with Gasteiger partial charge in [0.15, 0.2) is 0 Å². The highest BCUT2D eigenvalue weighted by Crippen LogP contribution is 2.40. The van der Waals surface area contributed by atoms with Crippen molar-refractivity contribution in [3.05, 3.63) is 107 Å². The predicted molar refractivity (Wildman–Crippen MR) is 132 cm³/mol. The number of H-pyrrole nitrogens is 1. The van der Waals surface area contributed by atoms with E-state index in [2.05, 4.69) is 29.2 Å². The Morgan fingerprint density at radius 2 is 1.61 bits per heavy atom. The van der Waals surface area contributed by atoms with Crippen molar-refractivity contribution in [2.24, 2.45) is 0 Å². The van der Waals surface area contributed by atoms with Gasteiger partial charge in [0, 0.05) is 29.6 Å². The van der Waals surface area contributed by atoms with E-state index in [1.807, 2.05) is 59.6 Å². The molecular weight excluding hydrogens is 428 g/mol. The molecule has 3 aromatic carbocycles. The van der Waals surface area contributed by atoms with Crippen LogP contribution in [0.4, 0.5) is 0 Å². The molecule has 1 N–H and O–H groups in total. The summed E-state index contributed by atoms with van der Waals surface area (Å²) in [5.41, 5.74) is 7.58. The van der Waals surface area contributed by atoms with E-state index in [4.69, 9.17) is 0 Å². The van der Waals surface area contributed by atoms with Crippen molar-refractivity contribution < 1.29 is 9.00 Å². The predicted octanol–water partition coefficient (Wildman–Crippen LogP) is 5.53. The van der Waals surface area contributed by atoms with E-state index in [1.54, 1.807) is 0 Å². The minimum absolute atomic E-state index is 0.0786. The van der Waals surface area contributed by atoms with E-state index in [0.717, 1.165) is 45.3 Å². The molecule has 0 radical (unpaired) electrons. The maximum Gasteiger partial charge on any atom is 0.256 e. The van der Waals surface area contributed by atoms with Gasteiger partial charge in [-0.2, -0.15) is 0 Å². The Kier molecular flexibility index (Phi) is 4.99. The number of likely N-dealkylation sites (tertiary alicyclic amines) is 1. The number of amides is 1. The molecule has 3 heterocycles. The number of fused-ring (bicyclic) bond motifs is 3. The van der Waals surface area contributed by atoms with Gasteiger partial charge in [-0.05, 0) is 53.3 Å². The quantitative estimate of drug-likeness (QED) is 0.413. The molecule has 5 heteroatoms. The molecule has 164 valence electrons. The van der Waals surface area contributed by atoms with Crippen LogP contribution in [0.25, 0.3) is 16.5 Å². The van der Waals surface area contributed by atoms with Crippen LogP contribution in [0.2, 0.25) is 0 Å². The fraction of sp³-hybridized carbons (Fsp3) is 0.179. The number of hydrogen-bond acceptors (Lipinski definition) is 2. The fourth-order valence-electron chi connectivity index (χ4n) is 5.17. The number of nitrogens with one attached hydrogen (secondary N) is 1. The second-order valence-corrected chi connectivity index (χ2v) is 10.1. The Bertz CT molecular complexity index is 1440. The Balaban J connectivity index is 1.37. The smallest absolute Gasteiger partial charge is 0.256 e. The van der Waals surface area contributed by atoms with E-state index in [9.17, 15) is 9.00 Å². The van der Waals surface area contributed by atoms with Crippen LogP contribution in [0.3, 0.4) is 0 Å². The van der Waals surface area contributed by atoms with E-state index >= 15 is 0 Å². The number of benzene rings is 3. The molecule has 2 aliphatic heterocycles. The lowest BCUT2D eigenvalue weighted by atomic mass is 9.86. The molecular formula is C28H24N2O2S. The molecule has 4 nitrogen and oxygen atoms in total. The van der Waals surface area contributed by atoms with Crippen LogP contribution in [0.1, 0.15) is 39.9 Å². The molecule has 0 bridgehead atoms. The molecule has 1 unspecified atom stereocenters. The molecule has 6 rings (SSSR count). The number of aromatic nitrogens is 1. The standard InChI is InChI=1S/C28H24N2O2S/c31-28(24-10-5-7-20-12-15-29-27(20)24)30-16-13-19(14-17-30)26-22-8-2-1-6-21(22)18-33(32)25-11-4-3-9-23(25)26/h1-12,15,29H,13-14,16-18H2. The van der Waals surface area contributed by atoms with Crippen LogP contribution < -0.4 is 0 Å². The highest BCUT2D eigenvalue weighted by atomic mass is 32.2. The molecule has 33 heavy (non-hydrogen) atoms. The number of piperidine rings is 1. The largest absolute Gasteiger partial charge is 0.361 e. The van der Waals surface area contributed by atoms with E-state index in [-0.39, 0.29) is 5.91 Å². The third-order valence-electron chi connectivity index (χ3n) is 6.80. The minimum atomic E-state index is -1.07. The number of rotatable bonds is 1. The Hall–Kier alpha value is -3.44. The lowest BCUT2D eigenvalue weighted by Gasteiger charge is -2.30. The number of carbonyl (C=O) groups excluding carboxylic acids is 1. The summed E-state index contributed by atoms with van der Waals surface area (Å²) in [5.74, 6) is 0.615.